The predicted octanol–water partition coefficient (Wildman–Crippen LogP) is 2.99. The van der Waals surface area contributed by atoms with E-state index < -0.39 is 0 Å². The van der Waals surface area contributed by atoms with E-state index in [9.17, 15) is 4.79 Å². The first-order valence-electron chi connectivity index (χ1n) is 7.87. The highest BCUT2D eigenvalue weighted by molar-refractivity contribution is 5.99. The van der Waals surface area contributed by atoms with Gasteiger partial charge in [0.05, 0.1) is 23.5 Å². The average molecular weight is 302 g/mol. The zero-order valence-corrected chi connectivity index (χ0v) is 12.8. The van der Waals surface area contributed by atoms with E-state index in [-0.39, 0.29) is 12.1 Å². The number of para-hydroxylation sites is 1. The summed E-state index contributed by atoms with van der Waals surface area (Å²) >= 11 is 0. The second kappa shape index (κ2) is 6.79. The number of amides is 2. The monoisotopic (exact) mass is 302 g/mol. The van der Waals surface area contributed by atoms with Gasteiger partial charge in [0.2, 0.25) is 0 Å². The number of fused-ring (bicyclic) bond motifs is 1. The fourth-order valence-corrected chi connectivity index (χ4v) is 2.81. The van der Waals surface area contributed by atoms with Gasteiger partial charge in [0.25, 0.3) is 0 Å². The molecule has 1 unspecified atom stereocenters. The van der Waals surface area contributed by atoms with E-state index in [4.69, 9.17) is 4.74 Å². The summed E-state index contributed by atoms with van der Waals surface area (Å²) in [6.07, 6.45) is 4.92. The molecule has 118 valence electrons. The summed E-state index contributed by atoms with van der Waals surface area (Å²) in [6.45, 7) is 4.29. The van der Waals surface area contributed by atoms with E-state index in [2.05, 4.69) is 22.4 Å². The fraction of sp³-hybridized carbons (Fsp3) is 0.500. The van der Waals surface area contributed by atoms with Gasteiger partial charge in [-0.3, -0.25) is 5.10 Å². The maximum atomic E-state index is 12.5. The SMILES string of the molecule is CCCOC1CCCN(C(=O)Nc2cccc3cn[nH]c23)C1. The van der Waals surface area contributed by atoms with Crippen molar-refractivity contribution in [1.29, 1.82) is 0 Å². The molecule has 2 amide bonds. The average Bonchev–Trinajstić information content (AvgIpc) is 3.03. The Kier molecular flexibility index (Phi) is 4.58. The van der Waals surface area contributed by atoms with Crippen LogP contribution in [0.25, 0.3) is 10.9 Å². The zero-order chi connectivity index (χ0) is 15.4. The minimum atomic E-state index is -0.0769. The minimum absolute atomic E-state index is 0.0769. The molecule has 0 aliphatic carbocycles. The number of hydrogen-bond acceptors (Lipinski definition) is 3. The van der Waals surface area contributed by atoms with Crippen LogP contribution in [0.15, 0.2) is 24.4 Å². The Morgan fingerprint density at radius 1 is 1.55 bits per heavy atom. The van der Waals surface area contributed by atoms with Crippen LogP contribution in [0.2, 0.25) is 0 Å². The molecule has 0 bridgehead atoms. The first-order chi connectivity index (χ1) is 10.8. The predicted molar refractivity (Wildman–Crippen MR) is 86.0 cm³/mol. The smallest absolute Gasteiger partial charge is 0.321 e. The summed E-state index contributed by atoms with van der Waals surface area (Å²) in [7, 11) is 0. The summed E-state index contributed by atoms with van der Waals surface area (Å²) in [6, 6.07) is 5.68. The van der Waals surface area contributed by atoms with E-state index in [1.54, 1.807) is 6.20 Å². The molecule has 1 atom stereocenters. The van der Waals surface area contributed by atoms with E-state index in [1.807, 2.05) is 23.1 Å². The van der Waals surface area contributed by atoms with Crippen LogP contribution in [0.4, 0.5) is 10.5 Å². The first kappa shape index (κ1) is 14.8. The van der Waals surface area contributed by atoms with Gasteiger partial charge in [-0.05, 0) is 25.3 Å². The Morgan fingerprint density at radius 2 is 2.45 bits per heavy atom. The number of likely N-dealkylation sites (tertiary alicyclic amines) is 1. The van der Waals surface area contributed by atoms with Gasteiger partial charge in [-0.25, -0.2) is 4.79 Å². The van der Waals surface area contributed by atoms with Crippen LogP contribution in [-0.4, -0.2) is 46.9 Å². The molecule has 1 aliphatic heterocycles. The summed E-state index contributed by atoms with van der Waals surface area (Å²) < 4.78 is 5.78. The van der Waals surface area contributed by atoms with Crippen LogP contribution in [0.3, 0.4) is 0 Å². The lowest BCUT2D eigenvalue weighted by Crippen LogP contribution is -2.45. The van der Waals surface area contributed by atoms with Crippen LogP contribution >= 0.6 is 0 Å². The molecule has 0 spiro atoms. The van der Waals surface area contributed by atoms with Crippen LogP contribution in [-0.2, 0) is 4.74 Å². The van der Waals surface area contributed by atoms with Crippen LogP contribution in [0.5, 0.6) is 0 Å². The van der Waals surface area contributed by atoms with Gasteiger partial charge in [-0.2, -0.15) is 5.10 Å². The Hall–Kier alpha value is -2.08. The number of ether oxygens (including phenoxy) is 1. The van der Waals surface area contributed by atoms with Gasteiger partial charge < -0.3 is 15.0 Å². The van der Waals surface area contributed by atoms with Gasteiger partial charge in [-0.1, -0.05) is 19.1 Å². The van der Waals surface area contributed by atoms with Crippen molar-refractivity contribution in [3.63, 3.8) is 0 Å². The second-order valence-corrected chi connectivity index (χ2v) is 5.65. The molecule has 22 heavy (non-hydrogen) atoms. The Bertz CT molecular complexity index is 640. The molecule has 2 heterocycles. The van der Waals surface area contributed by atoms with Gasteiger partial charge in [0.15, 0.2) is 0 Å². The fourth-order valence-electron chi connectivity index (χ4n) is 2.81. The Morgan fingerprint density at radius 3 is 3.32 bits per heavy atom. The number of hydrogen-bond donors (Lipinski definition) is 2. The number of H-pyrrole nitrogens is 1. The number of urea groups is 1. The topological polar surface area (TPSA) is 70.2 Å². The van der Waals surface area contributed by atoms with Crippen LogP contribution < -0.4 is 5.32 Å². The normalized spacial score (nSPS) is 18.6. The lowest BCUT2D eigenvalue weighted by atomic mass is 10.1. The number of benzene rings is 1. The van der Waals surface area contributed by atoms with E-state index >= 15 is 0 Å². The molecule has 1 saturated heterocycles. The quantitative estimate of drug-likeness (QED) is 0.912. The molecular weight excluding hydrogens is 280 g/mol. The molecule has 1 aromatic carbocycles. The van der Waals surface area contributed by atoms with Crippen molar-refractivity contribution in [3.8, 4) is 0 Å². The molecule has 0 radical (unpaired) electrons. The maximum absolute atomic E-state index is 12.5. The molecular formula is C16H22N4O2. The highest BCUT2D eigenvalue weighted by atomic mass is 16.5. The van der Waals surface area contributed by atoms with Crippen LogP contribution in [0, 0.1) is 0 Å². The molecule has 1 fully saturated rings. The third-order valence-electron chi connectivity index (χ3n) is 3.94. The molecule has 6 nitrogen and oxygen atoms in total. The van der Waals surface area contributed by atoms with Crippen molar-refractivity contribution in [2.75, 3.05) is 25.0 Å². The summed E-state index contributed by atoms with van der Waals surface area (Å²) in [5.74, 6) is 0. The molecule has 1 aliphatic rings. The number of nitrogens with zero attached hydrogens (tertiary/aromatic N) is 2. The summed E-state index contributed by atoms with van der Waals surface area (Å²) in [4.78, 5) is 14.3. The number of aromatic nitrogens is 2. The van der Waals surface area contributed by atoms with Crippen LogP contribution in [0.1, 0.15) is 26.2 Å². The van der Waals surface area contributed by atoms with E-state index in [0.29, 0.717) is 6.54 Å². The summed E-state index contributed by atoms with van der Waals surface area (Å²) in [5.41, 5.74) is 1.61. The van der Waals surface area contributed by atoms with Crippen molar-refractivity contribution in [2.45, 2.75) is 32.3 Å². The lowest BCUT2D eigenvalue weighted by molar-refractivity contribution is 0.0115. The van der Waals surface area contributed by atoms with Crippen molar-refractivity contribution >= 4 is 22.6 Å². The van der Waals surface area contributed by atoms with Crippen molar-refractivity contribution < 1.29 is 9.53 Å². The Labute approximate surface area is 129 Å². The molecule has 1 aromatic heterocycles. The molecule has 2 aromatic rings. The molecule has 2 N–H and O–H groups in total. The highest BCUT2D eigenvalue weighted by Gasteiger charge is 2.24. The lowest BCUT2D eigenvalue weighted by Gasteiger charge is -2.32. The first-order valence-corrected chi connectivity index (χ1v) is 7.87. The van der Waals surface area contributed by atoms with Gasteiger partial charge >= 0.3 is 6.03 Å². The minimum Gasteiger partial charge on any atom is -0.376 e. The van der Waals surface area contributed by atoms with Gasteiger partial charge in [-0.15, -0.1) is 0 Å². The van der Waals surface area contributed by atoms with Gasteiger partial charge in [0.1, 0.15) is 0 Å². The second-order valence-electron chi connectivity index (χ2n) is 5.65. The third-order valence-corrected chi connectivity index (χ3v) is 3.94. The molecule has 6 heteroatoms. The van der Waals surface area contributed by atoms with E-state index in [1.165, 1.54) is 0 Å². The molecule has 3 rings (SSSR count). The number of rotatable bonds is 4. The van der Waals surface area contributed by atoms with Gasteiger partial charge in [0, 0.05) is 25.1 Å². The summed E-state index contributed by atoms with van der Waals surface area (Å²) in [5, 5.41) is 10.9. The zero-order valence-electron chi connectivity index (χ0n) is 12.8. The number of carbonyl (C=O) groups excluding carboxylic acids is 1. The van der Waals surface area contributed by atoms with Crippen molar-refractivity contribution in [1.82, 2.24) is 15.1 Å². The molecule has 0 saturated carbocycles. The number of piperidine rings is 1. The number of aromatic amines is 1. The van der Waals surface area contributed by atoms with Crippen molar-refractivity contribution in [3.05, 3.63) is 24.4 Å². The number of nitrogens with one attached hydrogen (secondary N) is 2. The number of carbonyl (C=O) groups is 1. The standard InChI is InChI=1S/C16H22N4O2/c1-2-9-22-13-6-4-8-20(11-13)16(21)18-14-7-3-5-12-10-17-19-15(12)14/h3,5,7,10,13H,2,4,6,8-9,11H2,1H3,(H,17,19)(H,18,21). The number of anilines is 1. The van der Waals surface area contributed by atoms with Crippen molar-refractivity contribution in [2.24, 2.45) is 0 Å². The van der Waals surface area contributed by atoms with E-state index in [0.717, 1.165) is 49.0 Å². The third kappa shape index (κ3) is 3.22. The highest BCUT2D eigenvalue weighted by Crippen LogP contribution is 2.21. The largest absolute Gasteiger partial charge is 0.376 e. The Balaban J connectivity index is 1.65. The maximum Gasteiger partial charge on any atom is 0.321 e.